The maximum absolute atomic E-state index is 6.04. The Labute approximate surface area is 119 Å². The van der Waals surface area contributed by atoms with Gasteiger partial charge in [-0.1, -0.05) is 23.7 Å². The summed E-state index contributed by atoms with van der Waals surface area (Å²) >= 11 is 8.07. The van der Waals surface area contributed by atoms with Gasteiger partial charge in [0.05, 0.1) is 0 Å². The molecule has 0 unspecified atom stereocenters. The van der Waals surface area contributed by atoms with Gasteiger partial charge in [0.25, 0.3) is 0 Å². The summed E-state index contributed by atoms with van der Waals surface area (Å²) in [6, 6.07) is 9.06. The first-order valence-corrected chi connectivity index (χ1v) is 8.35. The van der Waals surface area contributed by atoms with E-state index in [1.165, 1.54) is 37.8 Å². The highest BCUT2D eigenvalue weighted by molar-refractivity contribution is 8.00. The van der Waals surface area contributed by atoms with E-state index in [4.69, 9.17) is 11.6 Å². The van der Waals surface area contributed by atoms with Crippen LogP contribution in [0.4, 0.5) is 0 Å². The van der Waals surface area contributed by atoms with Crippen molar-refractivity contribution in [2.75, 3.05) is 12.8 Å². The van der Waals surface area contributed by atoms with Crippen molar-refractivity contribution in [1.82, 2.24) is 5.32 Å². The van der Waals surface area contributed by atoms with Gasteiger partial charge in [-0.05, 0) is 55.6 Å². The monoisotopic (exact) mass is 281 g/mol. The largest absolute Gasteiger partial charge is 0.313 e. The van der Waals surface area contributed by atoms with Crippen LogP contribution in [0.3, 0.4) is 0 Å². The fraction of sp³-hybridized carbons (Fsp3) is 0.600. The van der Waals surface area contributed by atoms with Gasteiger partial charge in [0.15, 0.2) is 0 Å². The molecule has 1 aromatic carbocycles. The number of nitrogens with one attached hydrogen (secondary N) is 1. The molecule has 0 amide bonds. The summed E-state index contributed by atoms with van der Waals surface area (Å²) in [6.45, 7) is 1.20. The molecule has 1 aromatic rings. The smallest absolute Gasteiger partial charge is 0.0408 e. The van der Waals surface area contributed by atoms with E-state index in [0.29, 0.717) is 10.7 Å². The fourth-order valence-corrected chi connectivity index (χ4v) is 3.68. The maximum Gasteiger partial charge on any atom is 0.0408 e. The molecule has 0 bridgehead atoms. The Morgan fingerprint density at radius 1 is 1.39 bits per heavy atom. The zero-order chi connectivity index (χ0) is 12.6. The van der Waals surface area contributed by atoms with E-state index in [1.54, 1.807) is 0 Å². The Balaban J connectivity index is 1.46. The van der Waals surface area contributed by atoms with E-state index in [-0.39, 0.29) is 0 Å². The summed E-state index contributed by atoms with van der Waals surface area (Å²) in [5.41, 5.74) is 1.41. The number of hydrogen-bond acceptors (Lipinski definition) is 2. The van der Waals surface area contributed by atoms with Crippen molar-refractivity contribution in [2.24, 2.45) is 0 Å². The third kappa shape index (κ3) is 2.71. The van der Waals surface area contributed by atoms with Gasteiger partial charge in [-0.25, -0.2) is 0 Å². The van der Waals surface area contributed by atoms with Gasteiger partial charge in [-0.3, -0.25) is 0 Å². The topological polar surface area (TPSA) is 12.0 Å². The summed E-state index contributed by atoms with van der Waals surface area (Å²) in [4.78, 5) is 0. The van der Waals surface area contributed by atoms with Gasteiger partial charge in [0.1, 0.15) is 0 Å². The van der Waals surface area contributed by atoms with Crippen molar-refractivity contribution in [3.05, 3.63) is 34.9 Å². The number of thioether (sulfide) groups is 1. The lowest BCUT2D eigenvalue weighted by atomic mass is 9.76. The van der Waals surface area contributed by atoms with Crippen molar-refractivity contribution in [3.8, 4) is 0 Å². The highest BCUT2D eigenvalue weighted by Crippen LogP contribution is 2.47. The molecule has 1 N–H and O–H groups in total. The third-order valence-electron chi connectivity index (χ3n) is 4.41. The fourth-order valence-electron chi connectivity index (χ4n) is 2.74. The van der Waals surface area contributed by atoms with Crippen LogP contribution in [-0.4, -0.2) is 23.6 Å². The second-order valence-electron chi connectivity index (χ2n) is 5.69. The third-order valence-corrected chi connectivity index (χ3v) is 6.07. The Morgan fingerprint density at radius 2 is 2.17 bits per heavy atom. The van der Waals surface area contributed by atoms with Crippen LogP contribution in [0.1, 0.15) is 37.2 Å². The first-order chi connectivity index (χ1) is 8.71. The molecule has 2 fully saturated rings. The molecule has 0 heterocycles. The molecule has 0 saturated heterocycles. The van der Waals surface area contributed by atoms with Gasteiger partial charge in [-0.2, -0.15) is 11.8 Å². The first-order valence-electron chi connectivity index (χ1n) is 6.75. The first kappa shape index (κ1) is 12.8. The molecule has 0 radical (unpaired) electrons. The average molecular weight is 282 g/mol. The predicted octanol–water partition coefficient (Wildman–Crippen LogP) is 4.07. The minimum atomic E-state index is 0.584. The zero-order valence-corrected chi connectivity index (χ0v) is 12.4. The van der Waals surface area contributed by atoms with Crippen LogP contribution in [-0.2, 0) is 0 Å². The van der Waals surface area contributed by atoms with Crippen LogP contribution in [0.25, 0.3) is 0 Å². The predicted molar refractivity (Wildman–Crippen MR) is 80.7 cm³/mol. The van der Waals surface area contributed by atoms with Crippen molar-refractivity contribution < 1.29 is 0 Å². The summed E-state index contributed by atoms with van der Waals surface area (Å²) in [5, 5.41) is 4.60. The highest BCUT2D eigenvalue weighted by atomic mass is 35.5. The molecule has 1 nitrogen and oxygen atoms in total. The molecule has 3 heteroatoms. The van der Waals surface area contributed by atoms with Gasteiger partial charge in [-0.15, -0.1) is 0 Å². The SMILES string of the molecule is CSC1(CNC2CC(c3cccc(Cl)c3)C2)CC1. The van der Waals surface area contributed by atoms with Crippen LogP contribution < -0.4 is 5.32 Å². The van der Waals surface area contributed by atoms with Crippen LogP contribution in [0.5, 0.6) is 0 Å². The summed E-state index contributed by atoms with van der Waals surface area (Å²) in [7, 11) is 0. The lowest BCUT2D eigenvalue weighted by Gasteiger charge is -2.37. The molecule has 0 aliphatic heterocycles. The number of hydrogen-bond donors (Lipinski definition) is 1. The maximum atomic E-state index is 6.04. The van der Waals surface area contributed by atoms with E-state index in [0.717, 1.165) is 11.1 Å². The van der Waals surface area contributed by atoms with Crippen molar-refractivity contribution in [1.29, 1.82) is 0 Å². The molecular weight excluding hydrogens is 262 g/mol. The van der Waals surface area contributed by atoms with E-state index in [1.807, 2.05) is 17.8 Å². The van der Waals surface area contributed by atoms with Crippen LogP contribution in [0.2, 0.25) is 5.02 Å². The normalized spacial score (nSPS) is 28.8. The number of rotatable bonds is 5. The summed E-state index contributed by atoms with van der Waals surface area (Å²) < 4.78 is 0.584. The Hall–Kier alpha value is -0.180. The Kier molecular flexibility index (Phi) is 3.61. The minimum Gasteiger partial charge on any atom is -0.313 e. The molecular formula is C15H20ClNS. The van der Waals surface area contributed by atoms with Crippen molar-refractivity contribution in [2.45, 2.75) is 42.4 Å². The highest BCUT2D eigenvalue weighted by Gasteiger charge is 2.42. The second kappa shape index (κ2) is 5.07. The van der Waals surface area contributed by atoms with Crippen LogP contribution in [0.15, 0.2) is 24.3 Å². The Morgan fingerprint density at radius 3 is 2.78 bits per heavy atom. The zero-order valence-electron chi connectivity index (χ0n) is 10.8. The molecule has 2 saturated carbocycles. The van der Waals surface area contributed by atoms with Crippen LogP contribution in [0, 0.1) is 0 Å². The van der Waals surface area contributed by atoms with Gasteiger partial charge in [0.2, 0.25) is 0 Å². The van der Waals surface area contributed by atoms with E-state index in [9.17, 15) is 0 Å². The molecule has 2 aliphatic rings. The second-order valence-corrected chi connectivity index (χ2v) is 7.40. The van der Waals surface area contributed by atoms with Gasteiger partial charge in [0, 0.05) is 22.4 Å². The molecule has 0 atom stereocenters. The number of benzene rings is 1. The van der Waals surface area contributed by atoms with Crippen LogP contribution >= 0.6 is 23.4 Å². The molecule has 3 rings (SSSR count). The van der Waals surface area contributed by atoms with Crippen molar-refractivity contribution >= 4 is 23.4 Å². The van der Waals surface area contributed by atoms with Gasteiger partial charge >= 0.3 is 0 Å². The molecule has 0 spiro atoms. The summed E-state index contributed by atoms with van der Waals surface area (Å²) in [6.07, 6.45) is 7.57. The lowest BCUT2D eigenvalue weighted by molar-refractivity contribution is 0.291. The minimum absolute atomic E-state index is 0.584. The molecule has 0 aromatic heterocycles. The standard InChI is InChI=1S/C15H20ClNS/c1-18-15(5-6-15)10-17-14-8-12(9-14)11-3-2-4-13(16)7-11/h2-4,7,12,14,17H,5-6,8-10H2,1H3. The Bertz CT molecular complexity index is 424. The number of halogens is 1. The lowest BCUT2D eigenvalue weighted by Crippen LogP contribution is -2.43. The molecule has 18 heavy (non-hydrogen) atoms. The van der Waals surface area contributed by atoms with E-state index < -0.39 is 0 Å². The summed E-state index contributed by atoms with van der Waals surface area (Å²) in [5.74, 6) is 0.714. The quantitative estimate of drug-likeness (QED) is 0.873. The molecule has 2 aliphatic carbocycles. The molecule has 98 valence electrons. The van der Waals surface area contributed by atoms with E-state index in [2.05, 4.69) is 29.8 Å². The average Bonchev–Trinajstić information content (AvgIpc) is 3.08. The van der Waals surface area contributed by atoms with Gasteiger partial charge < -0.3 is 5.32 Å². The van der Waals surface area contributed by atoms with Crippen molar-refractivity contribution in [3.63, 3.8) is 0 Å². The van der Waals surface area contributed by atoms with E-state index >= 15 is 0 Å².